The lowest BCUT2D eigenvalue weighted by Crippen LogP contribution is -2.09. The van der Waals surface area contributed by atoms with Gasteiger partial charge in [-0.1, -0.05) is 6.58 Å². The third-order valence-electron chi connectivity index (χ3n) is 2.65. The number of methoxy groups -OCH3 is 1. The van der Waals surface area contributed by atoms with Gasteiger partial charge in [0.05, 0.1) is 13.2 Å². The molecule has 1 aromatic rings. The number of rotatable bonds is 8. The summed E-state index contributed by atoms with van der Waals surface area (Å²) in [7, 11) is 1.62. The maximum Gasteiger partial charge on any atom is 0.189 e. The molecule has 4 heteroatoms. The molecular formula is C15H20O4. The van der Waals surface area contributed by atoms with Crippen LogP contribution in [0.25, 0.3) is 0 Å². The Morgan fingerprint density at radius 3 is 2.42 bits per heavy atom. The third-order valence-corrected chi connectivity index (χ3v) is 2.65. The SMILES string of the molecule is C=CC(=O)c1cc(C)c(OCOCCOC)c(C)c1. The van der Waals surface area contributed by atoms with E-state index in [0.717, 1.165) is 16.9 Å². The van der Waals surface area contributed by atoms with Crippen molar-refractivity contribution in [3.05, 3.63) is 41.5 Å². The number of aryl methyl sites for hydroxylation is 2. The fourth-order valence-corrected chi connectivity index (χ4v) is 1.74. The fraction of sp³-hybridized carbons (Fsp3) is 0.400. The molecule has 0 fully saturated rings. The van der Waals surface area contributed by atoms with Gasteiger partial charge in [0.1, 0.15) is 5.75 Å². The van der Waals surface area contributed by atoms with Gasteiger partial charge in [0.15, 0.2) is 12.6 Å². The van der Waals surface area contributed by atoms with E-state index in [2.05, 4.69) is 6.58 Å². The number of carbonyl (C=O) groups is 1. The highest BCUT2D eigenvalue weighted by atomic mass is 16.7. The minimum atomic E-state index is -0.0888. The van der Waals surface area contributed by atoms with Gasteiger partial charge < -0.3 is 14.2 Å². The first-order valence-corrected chi connectivity index (χ1v) is 6.07. The van der Waals surface area contributed by atoms with Crippen LogP contribution >= 0.6 is 0 Å². The van der Waals surface area contributed by atoms with Crippen LogP contribution in [-0.4, -0.2) is 32.9 Å². The van der Waals surface area contributed by atoms with Gasteiger partial charge in [-0.25, -0.2) is 0 Å². The lowest BCUT2D eigenvalue weighted by atomic mass is 10.0. The minimum absolute atomic E-state index is 0.0888. The third kappa shape index (κ3) is 4.50. The van der Waals surface area contributed by atoms with Crippen molar-refractivity contribution in [2.24, 2.45) is 0 Å². The Morgan fingerprint density at radius 2 is 1.89 bits per heavy atom. The monoisotopic (exact) mass is 264 g/mol. The molecule has 0 saturated carbocycles. The fourth-order valence-electron chi connectivity index (χ4n) is 1.74. The Labute approximate surface area is 114 Å². The zero-order valence-corrected chi connectivity index (χ0v) is 11.7. The van der Waals surface area contributed by atoms with Crippen LogP contribution < -0.4 is 4.74 Å². The lowest BCUT2D eigenvalue weighted by Gasteiger charge is -2.13. The van der Waals surface area contributed by atoms with Gasteiger partial charge in [-0.2, -0.15) is 0 Å². The van der Waals surface area contributed by atoms with Crippen molar-refractivity contribution in [2.75, 3.05) is 27.1 Å². The normalized spacial score (nSPS) is 10.3. The Bertz CT molecular complexity index is 428. The summed E-state index contributed by atoms with van der Waals surface area (Å²) >= 11 is 0. The number of hydrogen-bond acceptors (Lipinski definition) is 4. The van der Waals surface area contributed by atoms with Crippen molar-refractivity contribution in [1.29, 1.82) is 0 Å². The molecule has 1 rings (SSSR count). The van der Waals surface area contributed by atoms with Gasteiger partial charge in [0, 0.05) is 12.7 Å². The van der Waals surface area contributed by atoms with Crippen LogP contribution in [0.2, 0.25) is 0 Å². The van der Waals surface area contributed by atoms with Crippen LogP contribution in [0.15, 0.2) is 24.8 Å². The number of allylic oxidation sites excluding steroid dienone is 1. The van der Waals surface area contributed by atoms with Crippen LogP contribution in [0.1, 0.15) is 21.5 Å². The van der Waals surface area contributed by atoms with Crippen LogP contribution in [0, 0.1) is 13.8 Å². The summed E-state index contributed by atoms with van der Waals surface area (Å²) in [6.45, 7) is 8.47. The Balaban J connectivity index is 2.69. The molecule has 0 unspecified atom stereocenters. The molecule has 104 valence electrons. The van der Waals surface area contributed by atoms with Gasteiger partial charge in [0.2, 0.25) is 0 Å². The van der Waals surface area contributed by atoms with Crippen molar-refractivity contribution in [3.63, 3.8) is 0 Å². The van der Waals surface area contributed by atoms with E-state index in [1.165, 1.54) is 6.08 Å². The molecule has 0 saturated heterocycles. The predicted octanol–water partition coefficient (Wildman–Crippen LogP) is 2.67. The summed E-state index contributed by atoms with van der Waals surface area (Å²) in [5, 5.41) is 0. The second-order valence-corrected chi connectivity index (χ2v) is 4.17. The molecule has 0 N–H and O–H groups in total. The quantitative estimate of drug-likeness (QED) is 0.313. The first-order valence-electron chi connectivity index (χ1n) is 6.07. The molecule has 0 atom stereocenters. The number of benzene rings is 1. The van der Waals surface area contributed by atoms with E-state index < -0.39 is 0 Å². The molecule has 0 spiro atoms. The first-order chi connectivity index (χ1) is 9.10. The van der Waals surface area contributed by atoms with E-state index in [1.54, 1.807) is 19.2 Å². The zero-order chi connectivity index (χ0) is 14.3. The standard InChI is InChI=1S/C15H20O4/c1-5-14(16)13-8-11(2)15(12(3)9-13)19-10-18-7-6-17-4/h5,8-9H,1,6-7,10H2,2-4H3. The van der Waals surface area contributed by atoms with E-state index in [1.807, 2.05) is 13.8 Å². The Hall–Kier alpha value is -1.65. The largest absolute Gasteiger partial charge is 0.467 e. The molecule has 0 aliphatic rings. The van der Waals surface area contributed by atoms with Crippen molar-refractivity contribution >= 4 is 5.78 Å². The molecule has 4 nitrogen and oxygen atoms in total. The second-order valence-electron chi connectivity index (χ2n) is 4.17. The Kier molecular flexibility index (Phi) is 6.25. The van der Waals surface area contributed by atoms with Crippen molar-refractivity contribution in [1.82, 2.24) is 0 Å². The van der Waals surface area contributed by atoms with Crippen molar-refractivity contribution in [2.45, 2.75) is 13.8 Å². The number of ketones is 1. The summed E-state index contributed by atoms with van der Waals surface area (Å²) in [4.78, 5) is 11.6. The van der Waals surface area contributed by atoms with Gasteiger partial charge in [0.25, 0.3) is 0 Å². The highest BCUT2D eigenvalue weighted by Crippen LogP contribution is 2.25. The molecular weight excluding hydrogens is 244 g/mol. The number of carbonyl (C=O) groups excluding carboxylic acids is 1. The van der Waals surface area contributed by atoms with Gasteiger partial charge in [-0.05, 0) is 43.2 Å². The van der Waals surface area contributed by atoms with E-state index in [4.69, 9.17) is 14.2 Å². The zero-order valence-electron chi connectivity index (χ0n) is 11.7. The van der Waals surface area contributed by atoms with E-state index in [0.29, 0.717) is 18.8 Å². The Morgan fingerprint density at radius 1 is 1.26 bits per heavy atom. The minimum Gasteiger partial charge on any atom is -0.467 e. The molecule has 0 bridgehead atoms. The number of ether oxygens (including phenoxy) is 3. The summed E-state index contributed by atoms with van der Waals surface area (Å²) in [5.74, 6) is 0.659. The predicted molar refractivity (Wildman–Crippen MR) is 73.8 cm³/mol. The molecule has 0 heterocycles. The molecule has 1 aromatic carbocycles. The maximum atomic E-state index is 11.6. The topological polar surface area (TPSA) is 44.8 Å². The summed E-state index contributed by atoms with van der Waals surface area (Å²) in [5.41, 5.74) is 2.43. The molecule has 0 radical (unpaired) electrons. The number of hydrogen-bond donors (Lipinski definition) is 0. The van der Waals surface area contributed by atoms with E-state index in [9.17, 15) is 4.79 Å². The average Bonchev–Trinajstić information content (AvgIpc) is 2.40. The van der Waals surface area contributed by atoms with Gasteiger partial charge >= 0.3 is 0 Å². The first kappa shape index (κ1) is 15.4. The van der Waals surface area contributed by atoms with Crippen LogP contribution in [0.4, 0.5) is 0 Å². The average molecular weight is 264 g/mol. The van der Waals surface area contributed by atoms with Crippen LogP contribution in [0.3, 0.4) is 0 Å². The van der Waals surface area contributed by atoms with Crippen LogP contribution in [0.5, 0.6) is 5.75 Å². The lowest BCUT2D eigenvalue weighted by molar-refractivity contribution is -0.00904. The smallest absolute Gasteiger partial charge is 0.189 e. The van der Waals surface area contributed by atoms with Crippen molar-refractivity contribution in [3.8, 4) is 5.75 Å². The van der Waals surface area contributed by atoms with E-state index in [-0.39, 0.29) is 12.6 Å². The molecule has 19 heavy (non-hydrogen) atoms. The molecule has 0 aromatic heterocycles. The van der Waals surface area contributed by atoms with E-state index >= 15 is 0 Å². The summed E-state index contributed by atoms with van der Waals surface area (Å²) < 4.78 is 15.7. The van der Waals surface area contributed by atoms with Gasteiger partial charge in [-0.15, -0.1) is 0 Å². The highest BCUT2D eigenvalue weighted by Gasteiger charge is 2.09. The molecule has 0 aliphatic carbocycles. The summed E-state index contributed by atoms with van der Waals surface area (Å²) in [6.07, 6.45) is 1.31. The van der Waals surface area contributed by atoms with Crippen molar-refractivity contribution < 1.29 is 19.0 Å². The van der Waals surface area contributed by atoms with Crippen LogP contribution in [-0.2, 0) is 9.47 Å². The maximum absolute atomic E-state index is 11.6. The highest BCUT2D eigenvalue weighted by molar-refractivity contribution is 6.04. The molecule has 0 aliphatic heterocycles. The molecule has 0 amide bonds. The second kappa shape index (κ2) is 7.71. The summed E-state index contributed by atoms with van der Waals surface area (Å²) in [6, 6.07) is 3.59. The van der Waals surface area contributed by atoms with Gasteiger partial charge in [-0.3, -0.25) is 4.79 Å².